The van der Waals surface area contributed by atoms with Gasteiger partial charge in [0.25, 0.3) is 0 Å². The molecular weight excluding hydrogens is 510 g/mol. The minimum absolute atomic E-state index is 0.0976. The number of alkyl halides is 3. The molecule has 0 bridgehead atoms. The number of rotatable bonds is 4. The van der Waals surface area contributed by atoms with Crippen molar-refractivity contribution in [1.29, 1.82) is 0 Å². The van der Waals surface area contributed by atoms with Crippen LogP contribution in [0.5, 0.6) is 0 Å². The average molecular weight is 536 g/mol. The summed E-state index contributed by atoms with van der Waals surface area (Å²) in [4.78, 5) is 18.9. The van der Waals surface area contributed by atoms with Gasteiger partial charge in [-0.3, -0.25) is 0 Å². The number of nitrogen functional groups attached to an aromatic ring is 1. The highest BCUT2D eigenvalue weighted by atomic mass is 19.4. The largest absolute Gasteiger partial charge is 0.419 e. The maximum absolute atomic E-state index is 13.8. The van der Waals surface area contributed by atoms with Crippen LogP contribution in [0.25, 0.3) is 33.3 Å². The Morgan fingerprint density at radius 3 is 2.54 bits per heavy atom. The number of hydrogen-bond donors (Lipinski definition) is 2. The van der Waals surface area contributed by atoms with Crippen LogP contribution in [0.1, 0.15) is 30.1 Å². The fourth-order valence-corrected chi connectivity index (χ4v) is 5.36. The summed E-state index contributed by atoms with van der Waals surface area (Å²) < 4.78 is 55.3. The highest BCUT2D eigenvalue weighted by Gasteiger charge is 2.34. The summed E-state index contributed by atoms with van der Waals surface area (Å²) in [6.45, 7) is 1.38. The van der Waals surface area contributed by atoms with E-state index in [0.717, 1.165) is 58.6 Å². The quantitative estimate of drug-likeness (QED) is 0.270. The number of aromatic amines is 1. The smallest absolute Gasteiger partial charge is 0.383 e. The molecule has 11 heteroatoms. The molecule has 39 heavy (non-hydrogen) atoms. The number of nitrogens with zero attached hydrogens (tertiary/aromatic N) is 5. The van der Waals surface area contributed by atoms with Crippen molar-refractivity contribution in [2.24, 2.45) is 7.05 Å². The molecule has 1 aliphatic rings. The van der Waals surface area contributed by atoms with Crippen LogP contribution < -0.4 is 10.6 Å². The van der Waals surface area contributed by atoms with Crippen molar-refractivity contribution in [3.8, 4) is 22.4 Å². The molecule has 1 saturated heterocycles. The Morgan fingerprint density at radius 2 is 1.77 bits per heavy atom. The number of nitrogens with one attached hydrogen (secondary N) is 1. The van der Waals surface area contributed by atoms with Gasteiger partial charge in [-0.2, -0.15) is 13.2 Å². The van der Waals surface area contributed by atoms with Gasteiger partial charge in [0.15, 0.2) is 0 Å². The SMILES string of the molecule is Cn1cc(-c2ccc(F)c(C(F)(F)F)c2)nc1C1CCN(c2ncnc(N)c2-c2ccc3cc[nH]c3c2)CC1. The maximum atomic E-state index is 13.8. The van der Waals surface area contributed by atoms with Crippen molar-refractivity contribution in [3.05, 3.63) is 78.4 Å². The first kappa shape index (κ1) is 24.9. The van der Waals surface area contributed by atoms with Crippen molar-refractivity contribution in [3.63, 3.8) is 0 Å². The molecule has 0 amide bonds. The van der Waals surface area contributed by atoms with Gasteiger partial charge < -0.3 is 20.2 Å². The molecule has 1 aliphatic heterocycles. The van der Waals surface area contributed by atoms with E-state index < -0.39 is 17.6 Å². The van der Waals surface area contributed by atoms with Gasteiger partial charge in [0, 0.05) is 49.5 Å². The van der Waals surface area contributed by atoms with Crippen molar-refractivity contribution in [2.75, 3.05) is 23.7 Å². The number of halogens is 4. The van der Waals surface area contributed by atoms with Gasteiger partial charge in [0.05, 0.1) is 16.8 Å². The van der Waals surface area contributed by atoms with E-state index in [-0.39, 0.29) is 11.5 Å². The molecule has 0 saturated carbocycles. The number of fused-ring (bicyclic) bond motifs is 1. The van der Waals surface area contributed by atoms with Crippen LogP contribution in [0.3, 0.4) is 0 Å². The molecule has 1 fully saturated rings. The summed E-state index contributed by atoms with van der Waals surface area (Å²) in [5.41, 5.74) is 8.34. The molecule has 5 aromatic rings. The fourth-order valence-electron chi connectivity index (χ4n) is 5.36. The van der Waals surface area contributed by atoms with Crippen LogP contribution in [-0.4, -0.2) is 37.6 Å². The summed E-state index contributed by atoms with van der Waals surface area (Å²) in [5.74, 6) is 0.743. The molecular formula is C28H25F4N7. The first-order chi connectivity index (χ1) is 18.7. The number of piperidine rings is 1. The molecule has 0 unspecified atom stereocenters. The Balaban J connectivity index is 1.24. The Hall–Kier alpha value is -4.41. The summed E-state index contributed by atoms with van der Waals surface area (Å²) >= 11 is 0. The lowest BCUT2D eigenvalue weighted by molar-refractivity contribution is -0.139. The number of aromatic nitrogens is 5. The monoisotopic (exact) mass is 535 g/mol. The van der Waals surface area contributed by atoms with Gasteiger partial charge in [-0.1, -0.05) is 12.1 Å². The number of anilines is 2. The van der Waals surface area contributed by atoms with Gasteiger partial charge in [-0.15, -0.1) is 0 Å². The second-order valence-electron chi connectivity index (χ2n) is 9.79. The molecule has 0 spiro atoms. The molecule has 0 radical (unpaired) electrons. The third kappa shape index (κ3) is 4.58. The Bertz CT molecular complexity index is 1660. The topological polar surface area (TPSA) is 88.7 Å². The third-order valence-electron chi connectivity index (χ3n) is 7.34. The van der Waals surface area contributed by atoms with E-state index in [9.17, 15) is 17.6 Å². The lowest BCUT2D eigenvalue weighted by atomic mass is 9.95. The highest BCUT2D eigenvalue weighted by Crippen LogP contribution is 2.38. The molecule has 2 aromatic carbocycles. The van der Waals surface area contributed by atoms with Crippen molar-refractivity contribution in [1.82, 2.24) is 24.5 Å². The zero-order chi connectivity index (χ0) is 27.3. The number of hydrogen-bond acceptors (Lipinski definition) is 5. The van der Waals surface area contributed by atoms with Crippen molar-refractivity contribution < 1.29 is 17.6 Å². The molecule has 0 aliphatic carbocycles. The van der Waals surface area contributed by atoms with Crippen LogP contribution >= 0.6 is 0 Å². The molecule has 3 N–H and O–H groups in total. The average Bonchev–Trinajstić information content (AvgIpc) is 3.54. The minimum Gasteiger partial charge on any atom is -0.383 e. The lowest BCUT2D eigenvalue weighted by Gasteiger charge is -2.33. The Kier molecular flexibility index (Phi) is 6.00. The van der Waals surface area contributed by atoms with E-state index in [1.165, 1.54) is 12.4 Å². The van der Waals surface area contributed by atoms with Crippen LogP contribution in [-0.2, 0) is 13.2 Å². The molecule has 7 nitrogen and oxygen atoms in total. The predicted octanol–water partition coefficient (Wildman–Crippen LogP) is 6.15. The molecule has 200 valence electrons. The summed E-state index contributed by atoms with van der Waals surface area (Å²) in [7, 11) is 1.83. The number of imidazole rings is 1. The third-order valence-corrected chi connectivity index (χ3v) is 7.34. The van der Waals surface area contributed by atoms with E-state index in [1.807, 2.05) is 42.1 Å². The zero-order valence-electron chi connectivity index (χ0n) is 21.0. The second-order valence-corrected chi connectivity index (χ2v) is 9.79. The molecule has 0 atom stereocenters. The Morgan fingerprint density at radius 1 is 1.00 bits per heavy atom. The molecule has 3 aromatic heterocycles. The van der Waals surface area contributed by atoms with Crippen LogP contribution in [0.2, 0.25) is 0 Å². The number of H-pyrrole nitrogens is 1. The van der Waals surface area contributed by atoms with E-state index in [1.54, 1.807) is 6.20 Å². The van der Waals surface area contributed by atoms with Gasteiger partial charge in [-0.25, -0.2) is 19.3 Å². The summed E-state index contributed by atoms with van der Waals surface area (Å²) in [6.07, 6.45) is 1.80. The van der Waals surface area contributed by atoms with E-state index in [0.29, 0.717) is 24.6 Å². The van der Waals surface area contributed by atoms with Gasteiger partial charge >= 0.3 is 6.18 Å². The number of benzene rings is 2. The van der Waals surface area contributed by atoms with Gasteiger partial charge in [-0.05, 0) is 54.1 Å². The maximum Gasteiger partial charge on any atom is 0.419 e. The summed E-state index contributed by atoms with van der Waals surface area (Å²) in [6, 6.07) is 11.1. The zero-order valence-corrected chi connectivity index (χ0v) is 21.0. The first-order valence-electron chi connectivity index (χ1n) is 12.5. The van der Waals surface area contributed by atoms with E-state index in [2.05, 4.69) is 24.8 Å². The van der Waals surface area contributed by atoms with Crippen molar-refractivity contribution in [2.45, 2.75) is 24.9 Å². The first-order valence-corrected chi connectivity index (χ1v) is 12.5. The summed E-state index contributed by atoms with van der Waals surface area (Å²) in [5, 5.41) is 1.10. The number of aryl methyl sites for hydroxylation is 1. The van der Waals surface area contributed by atoms with Crippen LogP contribution in [0.15, 0.2) is 61.2 Å². The number of nitrogens with two attached hydrogens (primary N) is 1. The minimum atomic E-state index is -4.78. The Labute approximate surface area is 221 Å². The van der Waals surface area contributed by atoms with E-state index >= 15 is 0 Å². The second kappa shape index (κ2) is 9.40. The van der Waals surface area contributed by atoms with Crippen LogP contribution in [0.4, 0.5) is 29.2 Å². The lowest BCUT2D eigenvalue weighted by Crippen LogP contribution is -2.34. The fraction of sp³-hybridized carbons (Fsp3) is 0.250. The normalized spacial score (nSPS) is 14.8. The molecule has 4 heterocycles. The van der Waals surface area contributed by atoms with Gasteiger partial charge in [0.2, 0.25) is 0 Å². The standard InChI is InChI=1S/C28H25F4N7/c1-38-14-23(18-4-5-21(29)20(12-18)28(30,31)32)37-26(38)17-7-10-39(11-8-17)27-24(25(33)35-15-36-27)19-3-2-16-6-9-34-22(16)13-19/h2-6,9,12-15,17,34H,7-8,10-11H2,1H3,(H2,33,35,36). The highest BCUT2D eigenvalue weighted by molar-refractivity contribution is 5.90. The van der Waals surface area contributed by atoms with E-state index in [4.69, 9.17) is 5.73 Å². The van der Waals surface area contributed by atoms with Crippen LogP contribution in [0, 0.1) is 5.82 Å². The van der Waals surface area contributed by atoms with Gasteiger partial charge in [0.1, 0.15) is 29.6 Å². The molecule has 6 rings (SSSR count). The predicted molar refractivity (Wildman–Crippen MR) is 142 cm³/mol. The van der Waals surface area contributed by atoms with Crippen molar-refractivity contribution >= 4 is 22.5 Å².